The van der Waals surface area contributed by atoms with E-state index in [4.69, 9.17) is 10.5 Å². The minimum absolute atomic E-state index is 0.0589. The largest absolute Gasteiger partial charge is 0.487 e. The van der Waals surface area contributed by atoms with Crippen molar-refractivity contribution < 1.29 is 13.9 Å². The van der Waals surface area contributed by atoms with Crippen LogP contribution in [0, 0.1) is 0 Å². The maximum Gasteiger partial charge on any atom is 0.193 e. The SMILES string of the molecule is NC/C=C(/F)COc1ccc(C(=O)c2ccccc2)cc1. The number of carbonyl (C=O) groups excluding carboxylic acids is 1. The molecule has 21 heavy (non-hydrogen) atoms. The Hall–Kier alpha value is -2.46. The number of halogens is 1. The molecule has 0 saturated heterocycles. The van der Waals surface area contributed by atoms with Gasteiger partial charge in [-0.15, -0.1) is 0 Å². The summed E-state index contributed by atoms with van der Waals surface area (Å²) in [7, 11) is 0. The number of ketones is 1. The highest BCUT2D eigenvalue weighted by molar-refractivity contribution is 6.08. The van der Waals surface area contributed by atoms with Crippen molar-refractivity contribution in [2.24, 2.45) is 5.73 Å². The molecule has 108 valence electrons. The fourth-order valence-corrected chi connectivity index (χ4v) is 1.80. The van der Waals surface area contributed by atoms with Crippen molar-refractivity contribution in [1.29, 1.82) is 0 Å². The Labute approximate surface area is 122 Å². The van der Waals surface area contributed by atoms with E-state index in [0.717, 1.165) is 0 Å². The topological polar surface area (TPSA) is 52.3 Å². The van der Waals surface area contributed by atoms with Gasteiger partial charge >= 0.3 is 0 Å². The van der Waals surface area contributed by atoms with Crippen molar-refractivity contribution in [2.75, 3.05) is 13.2 Å². The highest BCUT2D eigenvalue weighted by Gasteiger charge is 2.08. The van der Waals surface area contributed by atoms with E-state index in [1.807, 2.05) is 18.2 Å². The van der Waals surface area contributed by atoms with Crippen molar-refractivity contribution in [3.05, 3.63) is 77.6 Å². The standard InChI is InChI=1S/C17H16FNO2/c18-15(10-11-19)12-21-16-8-6-14(7-9-16)17(20)13-4-2-1-3-5-13/h1-10H,11-12,19H2/b15-10+. The molecule has 0 spiro atoms. The van der Waals surface area contributed by atoms with Gasteiger partial charge in [-0.1, -0.05) is 30.3 Å². The molecule has 2 rings (SSSR count). The summed E-state index contributed by atoms with van der Waals surface area (Å²) in [5.74, 6) is 0.0264. The van der Waals surface area contributed by atoms with Gasteiger partial charge < -0.3 is 10.5 Å². The summed E-state index contributed by atoms with van der Waals surface area (Å²) in [5.41, 5.74) is 6.39. The molecule has 2 N–H and O–H groups in total. The normalized spacial score (nSPS) is 11.2. The number of carbonyl (C=O) groups is 1. The Balaban J connectivity index is 2.02. The van der Waals surface area contributed by atoms with E-state index in [1.165, 1.54) is 6.08 Å². The molecule has 0 amide bonds. The Morgan fingerprint density at radius 3 is 2.29 bits per heavy atom. The average Bonchev–Trinajstić information content (AvgIpc) is 2.54. The molecule has 0 saturated carbocycles. The number of rotatable bonds is 6. The van der Waals surface area contributed by atoms with Crippen LogP contribution in [0.25, 0.3) is 0 Å². The van der Waals surface area contributed by atoms with E-state index in [0.29, 0.717) is 16.9 Å². The smallest absolute Gasteiger partial charge is 0.193 e. The third-order valence-corrected chi connectivity index (χ3v) is 2.87. The summed E-state index contributed by atoms with van der Waals surface area (Å²) in [6, 6.07) is 15.6. The second kappa shape index (κ2) is 7.36. The van der Waals surface area contributed by atoms with Gasteiger partial charge in [0.1, 0.15) is 18.2 Å². The van der Waals surface area contributed by atoms with Gasteiger partial charge in [0.05, 0.1) is 0 Å². The third kappa shape index (κ3) is 4.26. The van der Waals surface area contributed by atoms with Crippen molar-refractivity contribution in [3.8, 4) is 5.75 Å². The van der Waals surface area contributed by atoms with Crippen LogP contribution < -0.4 is 10.5 Å². The molecule has 3 nitrogen and oxygen atoms in total. The Morgan fingerprint density at radius 1 is 1.05 bits per heavy atom. The van der Waals surface area contributed by atoms with E-state index in [1.54, 1.807) is 36.4 Å². The van der Waals surface area contributed by atoms with Crippen LogP contribution in [0.15, 0.2) is 66.5 Å². The van der Waals surface area contributed by atoms with Crippen LogP contribution in [-0.2, 0) is 0 Å². The van der Waals surface area contributed by atoms with Crippen LogP contribution in [-0.4, -0.2) is 18.9 Å². The molecule has 4 heteroatoms. The molecule has 0 bridgehead atoms. The van der Waals surface area contributed by atoms with Gasteiger partial charge in [0.25, 0.3) is 0 Å². The number of hydrogen-bond acceptors (Lipinski definition) is 3. The van der Waals surface area contributed by atoms with Gasteiger partial charge in [0, 0.05) is 17.7 Å². The minimum Gasteiger partial charge on any atom is -0.487 e. The molecule has 0 radical (unpaired) electrons. The average molecular weight is 285 g/mol. The lowest BCUT2D eigenvalue weighted by Gasteiger charge is -2.06. The Kier molecular flexibility index (Phi) is 5.23. The Morgan fingerprint density at radius 2 is 1.67 bits per heavy atom. The quantitative estimate of drug-likeness (QED) is 0.830. The first-order valence-electron chi connectivity index (χ1n) is 6.58. The van der Waals surface area contributed by atoms with Crippen LogP contribution in [0.2, 0.25) is 0 Å². The van der Waals surface area contributed by atoms with E-state index >= 15 is 0 Å². The molecule has 0 aromatic heterocycles. The fourth-order valence-electron chi connectivity index (χ4n) is 1.80. The Bertz CT molecular complexity index is 621. The zero-order valence-electron chi connectivity index (χ0n) is 11.5. The van der Waals surface area contributed by atoms with Crippen molar-refractivity contribution in [2.45, 2.75) is 0 Å². The lowest BCUT2D eigenvalue weighted by Crippen LogP contribution is -2.03. The van der Waals surface area contributed by atoms with Crippen molar-refractivity contribution >= 4 is 5.78 Å². The van der Waals surface area contributed by atoms with Crippen LogP contribution in [0.1, 0.15) is 15.9 Å². The molecule has 0 aliphatic rings. The first kappa shape index (κ1) is 14.9. The lowest BCUT2D eigenvalue weighted by molar-refractivity contribution is 0.103. The van der Waals surface area contributed by atoms with Crippen molar-refractivity contribution in [3.63, 3.8) is 0 Å². The summed E-state index contributed by atoms with van der Waals surface area (Å²) in [6.45, 7) is -0.0249. The first-order valence-corrected chi connectivity index (χ1v) is 6.58. The highest BCUT2D eigenvalue weighted by atomic mass is 19.1. The summed E-state index contributed by atoms with van der Waals surface area (Å²) >= 11 is 0. The number of nitrogens with two attached hydrogens (primary N) is 1. The molecule has 2 aromatic rings. The molecular weight excluding hydrogens is 269 g/mol. The maximum atomic E-state index is 13.1. The summed E-state index contributed by atoms with van der Waals surface area (Å²) < 4.78 is 18.4. The lowest BCUT2D eigenvalue weighted by atomic mass is 10.0. The zero-order chi connectivity index (χ0) is 15.1. The van der Waals surface area contributed by atoms with Crippen LogP contribution >= 0.6 is 0 Å². The van der Waals surface area contributed by atoms with Crippen LogP contribution in [0.3, 0.4) is 0 Å². The minimum atomic E-state index is -0.415. The molecule has 0 aliphatic carbocycles. The van der Waals surface area contributed by atoms with Gasteiger partial charge in [-0.25, -0.2) is 4.39 Å². The summed E-state index contributed by atoms with van der Waals surface area (Å²) in [6.07, 6.45) is 1.26. The molecule has 0 aliphatic heterocycles. The zero-order valence-corrected chi connectivity index (χ0v) is 11.5. The van der Waals surface area contributed by atoms with E-state index in [-0.39, 0.29) is 18.9 Å². The van der Waals surface area contributed by atoms with Gasteiger partial charge in [-0.3, -0.25) is 4.79 Å². The summed E-state index contributed by atoms with van der Waals surface area (Å²) in [5, 5.41) is 0. The predicted molar refractivity (Wildman–Crippen MR) is 80.1 cm³/mol. The number of benzene rings is 2. The third-order valence-electron chi connectivity index (χ3n) is 2.87. The van der Waals surface area contributed by atoms with Gasteiger partial charge in [-0.2, -0.15) is 0 Å². The second-order valence-corrected chi connectivity index (χ2v) is 4.39. The van der Waals surface area contributed by atoms with Gasteiger partial charge in [0.2, 0.25) is 0 Å². The second-order valence-electron chi connectivity index (χ2n) is 4.39. The van der Waals surface area contributed by atoms with Gasteiger partial charge in [0.15, 0.2) is 5.78 Å². The van der Waals surface area contributed by atoms with Gasteiger partial charge in [-0.05, 0) is 30.3 Å². The monoisotopic (exact) mass is 285 g/mol. The van der Waals surface area contributed by atoms with E-state index in [9.17, 15) is 9.18 Å². The number of hydrogen-bond donors (Lipinski definition) is 1. The van der Waals surface area contributed by atoms with E-state index in [2.05, 4.69) is 0 Å². The fraction of sp³-hybridized carbons (Fsp3) is 0.118. The molecular formula is C17H16FNO2. The number of ether oxygens (including phenoxy) is 1. The van der Waals surface area contributed by atoms with Crippen LogP contribution in [0.5, 0.6) is 5.75 Å². The first-order chi connectivity index (χ1) is 10.2. The predicted octanol–water partition coefficient (Wildman–Crippen LogP) is 3.11. The molecule has 0 atom stereocenters. The molecule has 0 fully saturated rings. The highest BCUT2D eigenvalue weighted by Crippen LogP contribution is 2.16. The molecule has 2 aromatic carbocycles. The molecule has 0 heterocycles. The summed E-state index contributed by atoms with van der Waals surface area (Å²) in [4.78, 5) is 12.2. The van der Waals surface area contributed by atoms with E-state index < -0.39 is 5.83 Å². The molecule has 0 unspecified atom stereocenters. The maximum absolute atomic E-state index is 13.1. The van der Waals surface area contributed by atoms with Crippen LogP contribution in [0.4, 0.5) is 4.39 Å². The van der Waals surface area contributed by atoms with Crippen molar-refractivity contribution in [1.82, 2.24) is 0 Å².